The Balaban J connectivity index is 2.88. The first-order chi connectivity index (χ1) is 6.98. The van der Waals surface area contributed by atoms with Crippen molar-refractivity contribution in [1.82, 2.24) is 0 Å². The van der Waals surface area contributed by atoms with E-state index >= 15 is 0 Å². The van der Waals surface area contributed by atoms with Gasteiger partial charge in [-0.05, 0) is 36.3 Å². The third-order valence-electron chi connectivity index (χ3n) is 2.87. The highest BCUT2D eigenvalue weighted by Gasteiger charge is 2.26. The molecular formula is C13H20OS. The fourth-order valence-electron chi connectivity index (χ4n) is 1.39. The van der Waals surface area contributed by atoms with Crippen LogP contribution in [0.3, 0.4) is 0 Å². The van der Waals surface area contributed by atoms with Gasteiger partial charge in [-0.15, -0.1) is 11.8 Å². The molecule has 0 heterocycles. The Morgan fingerprint density at radius 3 is 2.20 bits per heavy atom. The van der Waals surface area contributed by atoms with Gasteiger partial charge in [0.2, 0.25) is 0 Å². The van der Waals surface area contributed by atoms with Crippen LogP contribution in [0.15, 0.2) is 29.2 Å². The molecule has 2 heteroatoms. The Bertz CT molecular complexity index is 301. The smallest absolute Gasteiger partial charge is 0.0891 e. The number of hydrogen-bond acceptors (Lipinski definition) is 2. The summed E-state index contributed by atoms with van der Waals surface area (Å²) in [5.74, 6) is 1.31. The van der Waals surface area contributed by atoms with Gasteiger partial charge in [0.1, 0.15) is 0 Å². The summed E-state index contributed by atoms with van der Waals surface area (Å²) in [6.45, 7) is 8.09. The van der Waals surface area contributed by atoms with Crippen LogP contribution in [-0.2, 0) is 5.60 Å². The lowest BCUT2D eigenvalue weighted by Gasteiger charge is -2.28. The van der Waals surface area contributed by atoms with E-state index in [1.807, 2.05) is 44.7 Å². The number of hydrogen-bond donors (Lipinski definition) is 1. The van der Waals surface area contributed by atoms with Gasteiger partial charge >= 0.3 is 0 Å². The van der Waals surface area contributed by atoms with E-state index in [0.717, 1.165) is 11.3 Å². The zero-order chi connectivity index (χ0) is 11.5. The number of rotatable bonds is 4. The molecule has 0 aliphatic carbocycles. The summed E-state index contributed by atoms with van der Waals surface area (Å²) >= 11 is 1.82. The van der Waals surface area contributed by atoms with E-state index in [0.29, 0.717) is 0 Å². The van der Waals surface area contributed by atoms with E-state index in [2.05, 4.69) is 19.1 Å². The average molecular weight is 224 g/mol. The highest BCUT2D eigenvalue weighted by molar-refractivity contribution is 7.99. The van der Waals surface area contributed by atoms with E-state index in [1.165, 1.54) is 4.90 Å². The van der Waals surface area contributed by atoms with E-state index in [1.54, 1.807) is 0 Å². The van der Waals surface area contributed by atoms with Crippen molar-refractivity contribution in [3.05, 3.63) is 29.8 Å². The highest BCUT2D eigenvalue weighted by atomic mass is 32.2. The molecule has 1 aromatic rings. The molecule has 0 spiro atoms. The van der Waals surface area contributed by atoms with Crippen LogP contribution >= 0.6 is 11.8 Å². The normalized spacial score (nSPS) is 15.3. The molecule has 1 N–H and O–H groups in total. The van der Waals surface area contributed by atoms with Gasteiger partial charge in [0.15, 0.2) is 0 Å². The van der Waals surface area contributed by atoms with Gasteiger partial charge in [0.05, 0.1) is 5.60 Å². The van der Waals surface area contributed by atoms with Crippen molar-refractivity contribution in [2.75, 3.05) is 5.75 Å². The van der Waals surface area contributed by atoms with Crippen molar-refractivity contribution in [1.29, 1.82) is 0 Å². The highest BCUT2D eigenvalue weighted by Crippen LogP contribution is 2.30. The lowest BCUT2D eigenvalue weighted by molar-refractivity contribution is 0.00901. The number of benzene rings is 1. The van der Waals surface area contributed by atoms with Crippen LogP contribution in [0.5, 0.6) is 0 Å². The van der Waals surface area contributed by atoms with Crippen molar-refractivity contribution in [3.8, 4) is 0 Å². The van der Waals surface area contributed by atoms with E-state index in [-0.39, 0.29) is 5.92 Å². The van der Waals surface area contributed by atoms with Crippen LogP contribution in [0.4, 0.5) is 0 Å². The molecule has 84 valence electrons. The Labute approximate surface area is 96.9 Å². The standard InChI is InChI=1S/C13H20OS/c1-5-15-12-8-6-11(7-9-12)13(4,14)10(2)3/h6-10,14H,5H2,1-4H3. The van der Waals surface area contributed by atoms with Gasteiger partial charge < -0.3 is 5.11 Å². The van der Waals surface area contributed by atoms with Crippen LogP contribution in [0.1, 0.15) is 33.3 Å². The van der Waals surface area contributed by atoms with Crippen molar-refractivity contribution in [3.63, 3.8) is 0 Å². The van der Waals surface area contributed by atoms with E-state index in [9.17, 15) is 5.11 Å². The SMILES string of the molecule is CCSc1ccc(C(C)(O)C(C)C)cc1. The first-order valence-corrected chi connectivity index (χ1v) is 6.42. The lowest BCUT2D eigenvalue weighted by atomic mass is 9.85. The predicted molar refractivity (Wildman–Crippen MR) is 67.2 cm³/mol. The monoisotopic (exact) mass is 224 g/mol. The molecule has 0 saturated heterocycles. The Morgan fingerprint density at radius 2 is 1.80 bits per heavy atom. The Hall–Kier alpha value is -0.470. The summed E-state index contributed by atoms with van der Waals surface area (Å²) in [7, 11) is 0. The first kappa shape index (κ1) is 12.6. The summed E-state index contributed by atoms with van der Waals surface area (Å²) in [6, 6.07) is 8.22. The minimum Gasteiger partial charge on any atom is -0.385 e. The second-order valence-corrected chi connectivity index (χ2v) is 5.60. The summed E-state index contributed by atoms with van der Waals surface area (Å²) in [4.78, 5) is 1.26. The molecule has 1 aromatic carbocycles. The Kier molecular flexibility index (Phi) is 4.23. The third-order valence-corrected chi connectivity index (χ3v) is 3.77. The van der Waals surface area contributed by atoms with Crippen LogP contribution in [0.2, 0.25) is 0 Å². The first-order valence-electron chi connectivity index (χ1n) is 5.44. The molecule has 15 heavy (non-hydrogen) atoms. The number of thioether (sulfide) groups is 1. The minimum atomic E-state index is -0.727. The van der Waals surface area contributed by atoms with Gasteiger partial charge in [0.25, 0.3) is 0 Å². The van der Waals surface area contributed by atoms with Crippen LogP contribution in [-0.4, -0.2) is 10.9 Å². The van der Waals surface area contributed by atoms with Gasteiger partial charge in [-0.3, -0.25) is 0 Å². The summed E-state index contributed by atoms with van der Waals surface area (Å²) in [5.41, 5.74) is 0.271. The number of aliphatic hydroxyl groups is 1. The van der Waals surface area contributed by atoms with Gasteiger partial charge in [-0.1, -0.05) is 32.9 Å². The maximum absolute atomic E-state index is 10.3. The van der Waals surface area contributed by atoms with Gasteiger partial charge in [-0.25, -0.2) is 0 Å². The van der Waals surface area contributed by atoms with Crippen molar-refractivity contribution in [2.24, 2.45) is 5.92 Å². The zero-order valence-corrected chi connectivity index (χ0v) is 10.8. The quantitative estimate of drug-likeness (QED) is 0.788. The zero-order valence-electron chi connectivity index (χ0n) is 9.95. The minimum absolute atomic E-state index is 0.224. The fourth-order valence-corrected chi connectivity index (χ4v) is 2.05. The fraction of sp³-hybridized carbons (Fsp3) is 0.538. The summed E-state index contributed by atoms with van der Waals surface area (Å²) in [6.07, 6.45) is 0. The van der Waals surface area contributed by atoms with E-state index in [4.69, 9.17) is 0 Å². The molecular weight excluding hydrogens is 204 g/mol. The second-order valence-electron chi connectivity index (χ2n) is 4.26. The second kappa shape index (κ2) is 5.04. The largest absolute Gasteiger partial charge is 0.385 e. The van der Waals surface area contributed by atoms with Crippen LogP contribution in [0, 0.1) is 5.92 Å². The van der Waals surface area contributed by atoms with Crippen molar-refractivity contribution >= 4 is 11.8 Å². The molecule has 0 aliphatic rings. The Morgan fingerprint density at radius 1 is 1.27 bits per heavy atom. The van der Waals surface area contributed by atoms with Crippen LogP contribution < -0.4 is 0 Å². The molecule has 1 atom stereocenters. The molecule has 0 saturated carbocycles. The molecule has 0 bridgehead atoms. The van der Waals surface area contributed by atoms with Crippen molar-refractivity contribution < 1.29 is 5.11 Å². The van der Waals surface area contributed by atoms with Gasteiger partial charge in [-0.2, -0.15) is 0 Å². The van der Waals surface area contributed by atoms with E-state index < -0.39 is 5.60 Å². The maximum Gasteiger partial charge on any atom is 0.0891 e. The molecule has 0 radical (unpaired) electrons. The molecule has 0 amide bonds. The molecule has 0 aliphatic heterocycles. The topological polar surface area (TPSA) is 20.2 Å². The maximum atomic E-state index is 10.3. The average Bonchev–Trinajstić information content (AvgIpc) is 2.19. The third kappa shape index (κ3) is 2.99. The molecule has 1 rings (SSSR count). The molecule has 0 fully saturated rings. The molecule has 0 aromatic heterocycles. The van der Waals surface area contributed by atoms with Crippen molar-refractivity contribution in [2.45, 2.75) is 38.2 Å². The summed E-state index contributed by atoms with van der Waals surface area (Å²) < 4.78 is 0. The lowest BCUT2D eigenvalue weighted by Crippen LogP contribution is -2.27. The van der Waals surface area contributed by atoms with Gasteiger partial charge in [0, 0.05) is 4.90 Å². The molecule has 1 unspecified atom stereocenters. The molecule has 1 nitrogen and oxygen atoms in total. The predicted octanol–water partition coefficient (Wildman–Crippen LogP) is 3.66. The van der Waals surface area contributed by atoms with Crippen LogP contribution in [0.25, 0.3) is 0 Å². The summed E-state index contributed by atoms with van der Waals surface area (Å²) in [5, 5.41) is 10.3.